The monoisotopic (exact) mass is 348 g/mol. The summed E-state index contributed by atoms with van der Waals surface area (Å²) in [6, 6.07) is 12.3. The summed E-state index contributed by atoms with van der Waals surface area (Å²) in [6.45, 7) is 4.02. The number of nitrogens with zero attached hydrogens (tertiary/aromatic N) is 2. The predicted octanol–water partition coefficient (Wildman–Crippen LogP) is 4.56. The molecule has 5 rings (SSSR count). The van der Waals surface area contributed by atoms with E-state index < -0.39 is 0 Å². The fraction of sp³-hybridized carbons (Fsp3) is 0.286. The van der Waals surface area contributed by atoms with Crippen molar-refractivity contribution in [3.8, 4) is 11.1 Å². The molecule has 2 N–H and O–H groups in total. The van der Waals surface area contributed by atoms with Crippen LogP contribution in [0.1, 0.15) is 24.6 Å². The summed E-state index contributed by atoms with van der Waals surface area (Å²) < 4.78 is 16.7. The van der Waals surface area contributed by atoms with Crippen LogP contribution in [0.4, 0.5) is 4.39 Å². The van der Waals surface area contributed by atoms with Crippen molar-refractivity contribution in [3.63, 3.8) is 0 Å². The smallest absolute Gasteiger partial charge is 0.151 e. The van der Waals surface area contributed by atoms with Crippen molar-refractivity contribution >= 4 is 21.8 Å². The van der Waals surface area contributed by atoms with Gasteiger partial charge in [0.1, 0.15) is 5.52 Å². The number of rotatable bonds is 2. The van der Waals surface area contributed by atoms with Crippen LogP contribution < -0.4 is 5.32 Å². The molecule has 0 bridgehead atoms. The lowest BCUT2D eigenvalue weighted by molar-refractivity contribution is 0.344. The summed E-state index contributed by atoms with van der Waals surface area (Å²) in [6.07, 6.45) is 4.06. The summed E-state index contributed by atoms with van der Waals surface area (Å²) in [4.78, 5) is 3.33. The van der Waals surface area contributed by atoms with Gasteiger partial charge in [-0.3, -0.25) is 4.68 Å². The Bertz CT molecular complexity index is 1100. The van der Waals surface area contributed by atoms with E-state index in [4.69, 9.17) is 0 Å². The van der Waals surface area contributed by atoms with Crippen molar-refractivity contribution in [2.45, 2.75) is 25.8 Å². The Morgan fingerprint density at radius 2 is 1.85 bits per heavy atom. The van der Waals surface area contributed by atoms with Crippen LogP contribution in [0.25, 0.3) is 32.9 Å². The molecule has 1 aliphatic rings. The third-order valence-electron chi connectivity index (χ3n) is 5.35. The van der Waals surface area contributed by atoms with Crippen molar-refractivity contribution in [1.29, 1.82) is 0 Å². The third kappa shape index (κ3) is 2.59. The molecule has 0 spiro atoms. The fourth-order valence-electron chi connectivity index (χ4n) is 3.99. The first-order chi connectivity index (χ1) is 12.7. The first kappa shape index (κ1) is 15.6. The molecule has 0 amide bonds. The van der Waals surface area contributed by atoms with E-state index in [1.165, 1.54) is 0 Å². The maximum Gasteiger partial charge on any atom is 0.151 e. The average molecular weight is 348 g/mol. The van der Waals surface area contributed by atoms with E-state index in [9.17, 15) is 4.39 Å². The van der Waals surface area contributed by atoms with Gasteiger partial charge in [-0.2, -0.15) is 5.10 Å². The minimum atomic E-state index is -0.254. The summed E-state index contributed by atoms with van der Waals surface area (Å²) in [7, 11) is 0. The van der Waals surface area contributed by atoms with E-state index in [-0.39, 0.29) is 5.82 Å². The van der Waals surface area contributed by atoms with Crippen LogP contribution in [0, 0.1) is 12.7 Å². The number of H-pyrrole nitrogens is 1. The normalized spacial score (nSPS) is 15.9. The minimum Gasteiger partial charge on any atom is -0.359 e. The molecule has 1 aliphatic heterocycles. The van der Waals surface area contributed by atoms with Gasteiger partial charge in [0.25, 0.3) is 0 Å². The number of fused-ring (bicyclic) bond motifs is 2. The molecule has 132 valence electrons. The molecular weight excluding hydrogens is 327 g/mol. The Kier molecular flexibility index (Phi) is 3.57. The number of piperidine rings is 1. The van der Waals surface area contributed by atoms with Gasteiger partial charge in [0.2, 0.25) is 0 Å². The van der Waals surface area contributed by atoms with E-state index >= 15 is 0 Å². The molecule has 2 aromatic heterocycles. The van der Waals surface area contributed by atoms with Crippen molar-refractivity contribution < 1.29 is 4.39 Å². The van der Waals surface area contributed by atoms with Crippen molar-refractivity contribution in [3.05, 3.63) is 54.1 Å². The first-order valence-corrected chi connectivity index (χ1v) is 9.16. The highest BCUT2D eigenvalue weighted by Crippen LogP contribution is 2.30. The summed E-state index contributed by atoms with van der Waals surface area (Å²) in [5.74, 6) is -0.254. The fourth-order valence-corrected chi connectivity index (χ4v) is 3.99. The van der Waals surface area contributed by atoms with Gasteiger partial charge in [0.15, 0.2) is 5.82 Å². The van der Waals surface area contributed by atoms with Gasteiger partial charge >= 0.3 is 0 Å². The van der Waals surface area contributed by atoms with Gasteiger partial charge in [0, 0.05) is 28.2 Å². The van der Waals surface area contributed by atoms with Gasteiger partial charge in [-0.25, -0.2) is 4.39 Å². The van der Waals surface area contributed by atoms with Crippen LogP contribution >= 0.6 is 0 Å². The number of benzene rings is 2. The topological polar surface area (TPSA) is 45.6 Å². The molecule has 0 unspecified atom stereocenters. The zero-order valence-corrected chi connectivity index (χ0v) is 14.7. The highest BCUT2D eigenvalue weighted by Gasteiger charge is 2.18. The molecule has 4 nitrogen and oxygen atoms in total. The maximum absolute atomic E-state index is 14.7. The van der Waals surface area contributed by atoms with Crippen LogP contribution in [0.3, 0.4) is 0 Å². The molecular formula is C21H21FN4. The lowest BCUT2D eigenvalue weighted by Crippen LogP contribution is -2.29. The van der Waals surface area contributed by atoms with Crippen LogP contribution in [-0.2, 0) is 0 Å². The summed E-state index contributed by atoms with van der Waals surface area (Å²) >= 11 is 0. The van der Waals surface area contributed by atoms with Crippen LogP contribution in [0.5, 0.6) is 0 Å². The van der Waals surface area contributed by atoms with E-state index in [0.717, 1.165) is 59.0 Å². The molecule has 3 heterocycles. The van der Waals surface area contributed by atoms with Gasteiger partial charge < -0.3 is 10.3 Å². The molecule has 5 heteroatoms. The standard InChI is InChI=1S/C21H21FN4/c1-13-8-16-9-14(2-3-20(16)24-13)15-10-17-12-26(18-4-6-23-7-5-18)25-21(17)19(22)11-15/h2-3,8-12,18,23-24H,4-7H2,1H3. The average Bonchev–Trinajstić information content (AvgIpc) is 3.24. The molecule has 1 fully saturated rings. The maximum atomic E-state index is 14.7. The number of hydrogen-bond donors (Lipinski definition) is 2. The Morgan fingerprint density at radius 1 is 1.04 bits per heavy atom. The molecule has 0 saturated carbocycles. The number of nitrogens with one attached hydrogen (secondary N) is 2. The molecule has 0 aliphatic carbocycles. The van der Waals surface area contributed by atoms with Gasteiger partial charge in [-0.15, -0.1) is 0 Å². The predicted molar refractivity (Wildman–Crippen MR) is 103 cm³/mol. The highest BCUT2D eigenvalue weighted by molar-refractivity contribution is 5.89. The largest absolute Gasteiger partial charge is 0.359 e. The minimum absolute atomic E-state index is 0.254. The Labute approximate surface area is 151 Å². The number of aromatic amines is 1. The first-order valence-electron chi connectivity index (χ1n) is 9.16. The van der Waals surface area contributed by atoms with Crippen LogP contribution in [0.15, 0.2) is 42.6 Å². The second-order valence-corrected chi connectivity index (χ2v) is 7.24. The van der Waals surface area contributed by atoms with Gasteiger partial charge in [-0.1, -0.05) is 6.07 Å². The van der Waals surface area contributed by atoms with Crippen molar-refractivity contribution in [1.82, 2.24) is 20.1 Å². The van der Waals surface area contributed by atoms with Gasteiger partial charge in [-0.05, 0) is 74.3 Å². The van der Waals surface area contributed by atoms with Crippen molar-refractivity contribution in [2.24, 2.45) is 0 Å². The number of aryl methyl sites for hydroxylation is 1. The molecule has 26 heavy (non-hydrogen) atoms. The SMILES string of the molecule is Cc1cc2cc(-c3cc(F)c4nn(C5CCNCC5)cc4c3)ccc2[nH]1. The Balaban J connectivity index is 1.58. The van der Waals surface area contributed by atoms with E-state index in [1.54, 1.807) is 6.07 Å². The number of hydrogen-bond acceptors (Lipinski definition) is 2. The zero-order chi connectivity index (χ0) is 17.7. The summed E-state index contributed by atoms with van der Waals surface area (Å²) in [5.41, 5.74) is 4.60. The molecule has 2 aromatic carbocycles. The van der Waals surface area contributed by atoms with E-state index in [2.05, 4.69) is 33.6 Å². The van der Waals surface area contributed by atoms with Crippen LogP contribution in [-0.4, -0.2) is 27.9 Å². The lowest BCUT2D eigenvalue weighted by Gasteiger charge is -2.22. The van der Waals surface area contributed by atoms with E-state index in [0.29, 0.717) is 11.6 Å². The van der Waals surface area contributed by atoms with Gasteiger partial charge in [0.05, 0.1) is 6.04 Å². The number of halogens is 1. The lowest BCUT2D eigenvalue weighted by atomic mass is 10.0. The second kappa shape index (κ2) is 5.95. The molecule has 4 aromatic rings. The third-order valence-corrected chi connectivity index (χ3v) is 5.35. The van der Waals surface area contributed by atoms with E-state index in [1.807, 2.05) is 29.9 Å². The highest BCUT2D eigenvalue weighted by atomic mass is 19.1. The van der Waals surface area contributed by atoms with Crippen molar-refractivity contribution in [2.75, 3.05) is 13.1 Å². The summed E-state index contributed by atoms with van der Waals surface area (Å²) in [5, 5.41) is 9.90. The molecule has 0 atom stereocenters. The second-order valence-electron chi connectivity index (χ2n) is 7.24. The Morgan fingerprint density at radius 3 is 2.69 bits per heavy atom. The zero-order valence-electron chi connectivity index (χ0n) is 14.7. The molecule has 1 saturated heterocycles. The number of aromatic nitrogens is 3. The van der Waals surface area contributed by atoms with Crippen LogP contribution in [0.2, 0.25) is 0 Å². The quantitative estimate of drug-likeness (QED) is 0.558. The molecule has 0 radical (unpaired) electrons. The Hall–Kier alpha value is -2.66.